The van der Waals surface area contributed by atoms with Crippen LogP contribution in [-0.4, -0.2) is 6.71 Å². The summed E-state index contributed by atoms with van der Waals surface area (Å²) in [5.41, 5.74) is 11.0. The van der Waals surface area contributed by atoms with Crippen LogP contribution >= 0.6 is 22.7 Å². The van der Waals surface area contributed by atoms with Crippen LogP contribution in [0.25, 0.3) is 62.6 Å². The van der Waals surface area contributed by atoms with Gasteiger partial charge in [-0.2, -0.15) is 0 Å². The molecular formula is C54H32BNO2S2. The van der Waals surface area contributed by atoms with Crippen molar-refractivity contribution in [3.63, 3.8) is 0 Å². The molecule has 0 aliphatic carbocycles. The Labute approximate surface area is 355 Å². The highest BCUT2D eigenvalue weighted by molar-refractivity contribution is 7.26. The molecule has 280 valence electrons. The molecule has 6 heteroatoms. The molecule has 0 radical (unpaired) electrons. The molecule has 0 atom stereocenters. The molecule has 2 aliphatic heterocycles. The first-order valence-electron chi connectivity index (χ1n) is 20.3. The van der Waals surface area contributed by atoms with Gasteiger partial charge in [-0.3, -0.25) is 0 Å². The minimum Gasteiger partial charge on any atom is -0.458 e. The highest BCUT2D eigenvalue weighted by Gasteiger charge is 2.41. The van der Waals surface area contributed by atoms with Gasteiger partial charge >= 0.3 is 0 Å². The molecule has 4 heterocycles. The maximum absolute atomic E-state index is 7.06. The Balaban J connectivity index is 0.986. The van der Waals surface area contributed by atoms with Crippen molar-refractivity contribution in [3.05, 3.63) is 194 Å². The average Bonchev–Trinajstić information content (AvgIpc) is 3.87. The number of thiophene rings is 2. The van der Waals surface area contributed by atoms with Gasteiger partial charge in [0.25, 0.3) is 6.71 Å². The van der Waals surface area contributed by atoms with Crippen LogP contribution in [0.4, 0.5) is 17.1 Å². The van der Waals surface area contributed by atoms with E-state index in [1.807, 2.05) is 22.7 Å². The molecule has 13 rings (SSSR count). The van der Waals surface area contributed by atoms with Crippen molar-refractivity contribution in [2.24, 2.45) is 0 Å². The fourth-order valence-corrected chi connectivity index (χ4v) is 11.6. The zero-order chi connectivity index (χ0) is 39.3. The highest BCUT2D eigenvalue weighted by Crippen LogP contribution is 2.45. The van der Waals surface area contributed by atoms with Gasteiger partial charge in [0.2, 0.25) is 0 Å². The van der Waals surface area contributed by atoms with E-state index in [2.05, 4.69) is 199 Å². The highest BCUT2D eigenvalue weighted by atomic mass is 32.1. The zero-order valence-corrected chi connectivity index (χ0v) is 33.8. The van der Waals surface area contributed by atoms with Gasteiger partial charge < -0.3 is 14.4 Å². The van der Waals surface area contributed by atoms with Gasteiger partial charge in [0.05, 0.1) is 5.69 Å². The predicted octanol–water partition coefficient (Wildman–Crippen LogP) is 14.0. The molecule has 9 aromatic carbocycles. The second-order valence-corrected chi connectivity index (χ2v) is 17.8. The Morgan fingerprint density at radius 1 is 0.333 bits per heavy atom. The number of anilines is 3. The van der Waals surface area contributed by atoms with Crippen molar-refractivity contribution in [1.82, 2.24) is 0 Å². The second-order valence-electron chi connectivity index (χ2n) is 15.6. The molecule has 0 saturated carbocycles. The summed E-state index contributed by atoms with van der Waals surface area (Å²) in [7, 11) is 0. The number of hydrogen-bond acceptors (Lipinski definition) is 5. The van der Waals surface area contributed by atoms with Crippen LogP contribution in [0.2, 0.25) is 0 Å². The number of benzene rings is 9. The number of fused-ring (bicyclic) bond motifs is 10. The molecule has 3 nitrogen and oxygen atoms in total. The number of rotatable bonds is 5. The minimum atomic E-state index is -0.0758. The molecule has 60 heavy (non-hydrogen) atoms. The van der Waals surface area contributed by atoms with Crippen LogP contribution in [0.1, 0.15) is 0 Å². The van der Waals surface area contributed by atoms with E-state index >= 15 is 0 Å². The maximum atomic E-state index is 7.06. The Kier molecular flexibility index (Phi) is 7.44. The average molecular weight is 802 g/mol. The van der Waals surface area contributed by atoms with E-state index in [1.165, 1.54) is 51.5 Å². The molecule has 2 aromatic heterocycles. The monoisotopic (exact) mass is 801 g/mol. The summed E-state index contributed by atoms with van der Waals surface area (Å²) in [6.07, 6.45) is 0. The van der Waals surface area contributed by atoms with E-state index < -0.39 is 0 Å². The van der Waals surface area contributed by atoms with Crippen LogP contribution in [0.5, 0.6) is 23.0 Å². The molecule has 0 saturated heterocycles. The van der Waals surface area contributed by atoms with Crippen LogP contribution in [0.15, 0.2) is 194 Å². The molecule has 0 fully saturated rings. The second kappa shape index (κ2) is 13.2. The lowest BCUT2D eigenvalue weighted by Gasteiger charge is -2.35. The quantitative estimate of drug-likeness (QED) is 0.162. The van der Waals surface area contributed by atoms with Gasteiger partial charge in [0.1, 0.15) is 23.0 Å². The summed E-state index contributed by atoms with van der Waals surface area (Å²) in [6.45, 7) is -0.0758. The van der Waals surface area contributed by atoms with E-state index in [4.69, 9.17) is 9.47 Å². The van der Waals surface area contributed by atoms with Crippen molar-refractivity contribution >= 4 is 103 Å². The normalized spacial score (nSPS) is 12.6. The molecule has 0 bridgehead atoms. The Morgan fingerprint density at radius 3 is 1.25 bits per heavy atom. The molecule has 0 unspecified atom stereocenters. The summed E-state index contributed by atoms with van der Waals surface area (Å²) in [6, 6.07) is 70.0. The largest absolute Gasteiger partial charge is 0.458 e. The van der Waals surface area contributed by atoms with Crippen LogP contribution < -0.4 is 30.8 Å². The molecular weight excluding hydrogens is 770 g/mol. The lowest BCUT2D eigenvalue weighted by Crippen LogP contribution is -2.57. The minimum absolute atomic E-state index is 0.0758. The first-order chi connectivity index (χ1) is 29.7. The van der Waals surface area contributed by atoms with E-state index in [1.54, 1.807) is 0 Å². The van der Waals surface area contributed by atoms with E-state index in [-0.39, 0.29) is 6.71 Å². The van der Waals surface area contributed by atoms with Crippen LogP contribution in [0, 0.1) is 0 Å². The summed E-state index contributed by atoms with van der Waals surface area (Å²) in [4.78, 5) is 2.27. The van der Waals surface area contributed by atoms with Gasteiger partial charge in [0.15, 0.2) is 0 Å². The van der Waals surface area contributed by atoms with Gasteiger partial charge in [-0.15, -0.1) is 22.7 Å². The zero-order valence-electron chi connectivity index (χ0n) is 32.1. The first-order valence-corrected chi connectivity index (χ1v) is 21.9. The topological polar surface area (TPSA) is 21.7 Å². The lowest BCUT2D eigenvalue weighted by molar-refractivity contribution is 0.465. The van der Waals surface area contributed by atoms with Gasteiger partial charge in [0, 0.05) is 69.3 Å². The maximum Gasteiger partial charge on any atom is 0.260 e. The molecule has 11 aromatic rings. The number of ether oxygens (including phenoxy) is 2. The van der Waals surface area contributed by atoms with Crippen molar-refractivity contribution in [2.75, 3.05) is 4.90 Å². The van der Waals surface area contributed by atoms with Crippen molar-refractivity contribution in [2.45, 2.75) is 0 Å². The number of nitrogens with zero attached hydrogens (tertiary/aromatic N) is 1. The van der Waals surface area contributed by atoms with Crippen molar-refractivity contribution in [1.29, 1.82) is 0 Å². The molecule has 0 amide bonds. The lowest BCUT2D eigenvalue weighted by atomic mass is 9.34. The van der Waals surface area contributed by atoms with Gasteiger partial charge in [-0.05, 0) is 106 Å². The molecule has 0 N–H and O–H groups in total. The van der Waals surface area contributed by atoms with Crippen molar-refractivity contribution in [3.8, 4) is 45.3 Å². The number of para-hydroxylation sites is 2. The first kappa shape index (κ1) is 33.8. The Bertz CT molecular complexity index is 3290. The summed E-state index contributed by atoms with van der Waals surface area (Å²) in [5.74, 6) is 3.33. The van der Waals surface area contributed by atoms with Crippen molar-refractivity contribution < 1.29 is 9.47 Å². The van der Waals surface area contributed by atoms with Crippen LogP contribution in [0.3, 0.4) is 0 Å². The van der Waals surface area contributed by atoms with Crippen LogP contribution in [-0.2, 0) is 0 Å². The van der Waals surface area contributed by atoms with Gasteiger partial charge in [-0.25, -0.2) is 0 Å². The SMILES string of the molecule is c1ccc(N(c2ccccc2)c2cc3c4c(c2)Oc2cc(-c5ccc6sc7ccccc7c6c5)ccc2B4c2ccc(-c4ccc5sc6ccccc6c5c4)cc2O3)cc1. The fourth-order valence-electron chi connectivity index (χ4n) is 9.38. The molecule has 2 aliphatic rings. The third-order valence-corrected chi connectivity index (χ3v) is 14.5. The third-order valence-electron chi connectivity index (χ3n) is 12.2. The summed E-state index contributed by atoms with van der Waals surface area (Å²) < 4.78 is 19.3. The Morgan fingerprint density at radius 2 is 0.750 bits per heavy atom. The van der Waals surface area contributed by atoms with E-state index in [0.717, 1.165) is 67.6 Å². The van der Waals surface area contributed by atoms with E-state index in [0.29, 0.717) is 0 Å². The Hall–Kier alpha value is -7.12. The summed E-state index contributed by atoms with van der Waals surface area (Å²) in [5, 5.41) is 5.17. The third kappa shape index (κ3) is 5.28. The number of hydrogen-bond donors (Lipinski definition) is 0. The molecule has 0 spiro atoms. The fraction of sp³-hybridized carbons (Fsp3) is 0. The standard InChI is InChI=1S/C54H32BNO2S2/c1-3-11-37(12-4-1)56(38-13-5-2-6-14-38)39-31-48-54-49(32-39)58-47-30-36(34-22-26-53-43(28-34)41-16-8-10-18-51(41)60-53)20-24-45(47)55(54)44-23-19-35(29-46(44)57-48)33-21-25-52-42(27-33)40-15-7-9-17-50(40)59-52/h1-32H. The smallest absolute Gasteiger partial charge is 0.260 e. The predicted molar refractivity (Wildman–Crippen MR) is 255 cm³/mol. The van der Waals surface area contributed by atoms with E-state index in [9.17, 15) is 0 Å². The summed E-state index contributed by atoms with van der Waals surface area (Å²) >= 11 is 3.69. The van der Waals surface area contributed by atoms with Gasteiger partial charge in [-0.1, -0.05) is 109 Å².